The quantitative estimate of drug-likeness (QED) is 0.0829. The lowest BCUT2D eigenvalue weighted by molar-refractivity contribution is -0.156. The van der Waals surface area contributed by atoms with Crippen LogP contribution in [0.4, 0.5) is 22.7 Å². The normalized spacial score (nSPS) is 21.8. The number of anilines is 4. The van der Waals surface area contributed by atoms with Crippen molar-refractivity contribution in [2.45, 2.75) is 171 Å². The summed E-state index contributed by atoms with van der Waals surface area (Å²) in [5.74, 6) is 2.50. The van der Waals surface area contributed by atoms with Crippen LogP contribution in [0.2, 0.25) is 0 Å². The Bertz CT molecular complexity index is 1440. The zero-order valence-electron chi connectivity index (χ0n) is 36.9. The second-order valence-electron chi connectivity index (χ2n) is 20.1. The van der Waals surface area contributed by atoms with Crippen LogP contribution in [0.1, 0.15) is 147 Å². The highest BCUT2D eigenvalue weighted by Crippen LogP contribution is 2.41. The first kappa shape index (κ1) is 46.6. The molecule has 2 saturated carbocycles. The van der Waals surface area contributed by atoms with Crippen LogP contribution in [0.15, 0.2) is 36.4 Å². The summed E-state index contributed by atoms with van der Waals surface area (Å²) in [5.41, 5.74) is 15.7. The van der Waals surface area contributed by atoms with Crippen LogP contribution in [0.25, 0.3) is 0 Å². The summed E-state index contributed by atoms with van der Waals surface area (Å²) in [5, 5.41) is 7.25. The molecule has 2 aliphatic carbocycles. The molecule has 0 amide bonds. The van der Waals surface area contributed by atoms with Gasteiger partial charge in [-0.15, -0.1) is 0 Å². The maximum Gasteiger partial charge on any atom is 0.306 e. The average molecular weight is 781 g/mol. The monoisotopic (exact) mass is 781 g/mol. The molecule has 0 spiro atoms. The number of nitrogen functional groups attached to an aromatic ring is 2. The molecule has 4 rings (SSSR count). The fraction of sp³-hybridized carbons (Fsp3) is 0.696. The summed E-state index contributed by atoms with van der Waals surface area (Å²) in [6, 6.07) is 12.5. The average Bonchev–Trinajstić information content (AvgIpc) is 3.01. The van der Waals surface area contributed by atoms with Crippen molar-refractivity contribution in [3.8, 4) is 11.5 Å². The number of benzene rings is 2. The first-order valence-electron chi connectivity index (χ1n) is 20.9. The molecule has 6 N–H and O–H groups in total. The van der Waals surface area contributed by atoms with Gasteiger partial charge in [-0.05, 0) is 140 Å². The zero-order valence-corrected chi connectivity index (χ0v) is 36.9. The molecular weight excluding hydrogens is 705 g/mol. The third kappa shape index (κ3) is 18.0. The van der Waals surface area contributed by atoms with Gasteiger partial charge in [0.2, 0.25) is 0 Å². The number of nitrogens with one attached hydrogen (secondary N) is 2. The van der Waals surface area contributed by atoms with Crippen LogP contribution in [-0.4, -0.2) is 48.4 Å². The Morgan fingerprint density at radius 2 is 1.00 bits per heavy atom. The predicted molar refractivity (Wildman–Crippen MR) is 231 cm³/mol. The summed E-state index contributed by atoms with van der Waals surface area (Å²) >= 11 is 0. The highest BCUT2D eigenvalue weighted by atomic mass is 16.6. The number of rotatable bonds is 14. The zero-order chi connectivity index (χ0) is 41.9. The molecule has 2 aliphatic rings. The van der Waals surface area contributed by atoms with Crippen LogP contribution in [0.3, 0.4) is 0 Å². The molecule has 2 aromatic carbocycles. The lowest BCUT2D eigenvalue weighted by Gasteiger charge is -2.39. The van der Waals surface area contributed by atoms with Gasteiger partial charge < -0.3 is 41.0 Å². The predicted octanol–water partition coefficient (Wildman–Crippen LogP) is 10.8. The van der Waals surface area contributed by atoms with E-state index in [9.17, 15) is 9.59 Å². The van der Waals surface area contributed by atoms with Gasteiger partial charge in [0.15, 0.2) is 0 Å². The first-order valence-corrected chi connectivity index (χ1v) is 20.9. The van der Waals surface area contributed by atoms with E-state index in [0.717, 1.165) is 47.6 Å². The first-order chi connectivity index (χ1) is 25.9. The minimum absolute atomic E-state index is 0.195. The van der Waals surface area contributed by atoms with E-state index >= 15 is 0 Å². The topological polar surface area (TPSA) is 147 Å². The van der Waals surface area contributed by atoms with Crippen molar-refractivity contribution in [1.29, 1.82) is 0 Å². The van der Waals surface area contributed by atoms with Crippen molar-refractivity contribution < 1.29 is 28.5 Å². The lowest BCUT2D eigenvalue weighted by atomic mass is 9.70. The maximum absolute atomic E-state index is 11.7. The Balaban J connectivity index is 0.000000300. The van der Waals surface area contributed by atoms with Crippen LogP contribution in [-0.2, 0) is 19.1 Å². The van der Waals surface area contributed by atoms with Gasteiger partial charge in [0.25, 0.3) is 0 Å². The van der Waals surface area contributed by atoms with Gasteiger partial charge in [0, 0.05) is 37.1 Å². The molecule has 10 heteroatoms. The van der Waals surface area contributed by atoms with Crippen molar-refractivity contribution in [1.82, 2.24) is 0 Å². The maximum atomic E-state index is 11.7. The summed E-state index contributed by atoms with van der Waals surface area (Å²) in [4.78, 5) is 23.4. The fourth-order valence-corrected chi connectivity index (χ4v) is 8.47. The summed E-state index contributed by atoms with van der Waals surface area (Å²) in [6.45, 7) is 26.2. The SMILES string of the molecule is C[C@@H]1C[C@H](Nc2ccc(OCCCC(=O)OC(C)(C)C)cc2N)CC(C)(C)C1.C[C@H]1C[C@@H](Nc2ccc(OCCCC(=O)OC(C)(C)C)cc2N)CC(C)(C)C1. The smallest absolute Gasteiger partial charge is 0.306 e. The molecule has 316 valence electrons. The Morgan fingerprint density at radius 3 is 1.30 bits per heavy atom. The van der Waals surface area contributed by atoms with E-state index in [4.69, 9.17) is 30.4 Å². The largest absolute Gasteiger partial charge is 0.494 e. The van der Waals surface area contributed by atoms with Gasteiger partial charge in [0.05, 0.1) is 36.0 Å². The third-order valence-corrected chi connectivity index (χ3v) is 9.97. The number of hydrogen-bond donors (Lipinski definition) is 4. The minimum Gasteiger partial charge on any atom is -0.494 e. The molecule has 0 bridgehead atoms. The van der Waals surface area contributed by atoms with Crippen LogP contribution < -0.4 is 31.6 Å². The highest BCUT2D eigenvalue weighted by Gasteiger charge is 2.33. The van der Waals surface area contributed by atoms with Crippen molar-refractivity contribution in [3.63, 3.8) is 0 Å². The molecule has 0 aromatic heterocycles. The van der Waals surface area contributed by atoms with Gasteiger partial charge in [-0.1, -0.05) is 41.5 Å². The van der Waals surface area contributed by atoms with E-state index in [2.05, 4.69) is 52.2 Å². The van der Waals surface area contributed by atoms with Crippen LogP contribution in [0.5, 0.6) is 11.5 Å². The van der Waals surface area contributed by atoms with Crippen molar-refractivity contribution >= 4 is 34.7 Å². The van der Waals surface area contributed by atoms with Crippen LogP contribution in [0, 0.1) is 22.7 Å². The van der Waals surface area contributed by atoms with E-state index in [-0.39, 0.29) is 11.9 Å². The molecule has 0 aliphatic heterocycles. The van der Waals surface area contributed by atoms with E-state index in [0.29, 0.717) is 73.2 Å². The molecule has 4 atom stereocenters. The van der Waals surface area contributed by atoms with E-state index in [1.165, 1.54) is 25.7 Å². The Morgan fingerprint density at radius 1 is 0.643 bits per heavy atom. The summed E-state index contributed by atoms with van der Waals surface area (Å²) in [7, 11) is 0. The molecule has 2 aromatic rings. The number of ether oxygens (including phenoxy) is 4. The number of carbonyl (C=O) groups is 2. The summed E-state index contributed by atoms with van der Waals surface area (Å²) in [6.07, 6.45) is 9.13. The molecule has 10 nitrogen and oxygen atoms in total. The van der Waals surface area contributed by atoms with Crippen molar-refractivity contribution in [3.05, 3.63) is 36.4 Å². The molecule has 2 fully saturated rings. The van der Waals surface area contributed by atoms with Gasteiger partial charge in [-0.2, -0.15) is 0 Å². The Labute approximate surface area is 338 Å². The molecule has 56 heavy (non-hydrogen) atoms. The van der Waals surface area contributed by atoms with Gasteiger partial charge >= 0.3 is 11.9 Å². The van der Waals surface area contributed by atoms with Crippen molar-refractivity contribution in [2.75, 3.05) is 35.3 Å². The van der Waals surface area contributed by atoms with E-state index < -0.39 is 11.2 Å². The number of hydrogen-bond acceptors (Lipinski definition) is 10. The highest BCUT2D eigenvalue weighted by molar-refractivity contribution is 5.71. The number of carbonyl (C=O) groups excluding carboxylic acids is 2. The summed E-state index contributed by atoms with van der Waals surface area (Å²) < 4.78 is 22.1. The fourth-order valence-electron chi connectivity index (χ4n) is 8.47. The second kappa shape index (κ2) is 20.0. The number of nitrogens with two attached hydrogens (primary N) is 2. The Kier molecular flexibility index (Phi) is 16.7. The van der Waals surface area contributed by atoms with Gasteiger partial charge in [-0.3, -0.25) is 9.59 Å². The standard InChI is InChI=1S/2C23H38N2O3/c2*1-16-12-17(15-23(5,6)14-16)25-20-10-9-18(13-19(20)24)27-11-7-8-21(26)28-22(2,3)4/h2*9-10,13,16-17,25H,7-8,11-12,14-15,24H2,1-6H3/t2*16-,17+/m10/s1. The number of esters is 2. The van der Waals surface area contributed by atoms with Gasteiger partial charge in [-0.25, -0.2) is 0 Å². The second-order valence-corrected chi connectivity index (χ2v) is 20.1. The van der Waals surface area contributed by atoms with Gasteiger partial charge in [0.1, 0.15) is 22.7 Å². The molecule has 0 unspecified atom stereocenters. The molecule has 0 heterocycles. The van der Waals surface area contributed by atoms with E-state index in [1.807, 2.05) is 77.9 Å². The Hall–Kier alpha value is -3.82. The van der Waals surface area contributed by atoms with E-state index in [1.54, 1.807) is 0 Å². The molecular formula is C46H76N4O6. The third-order valence-electron chi connectivity index (χ3n) is 9.97. The molecule has 0 radical (unpaired) electrons. The minimum atomic E-state index is -0.444. The molecule has 0 saturated heterocycles. The van der Waals surface area contributed by atoms with Crippen LogP contribution >= 0.6 is 0 Å². The lowest BCUT2D eigenvalue weighted by Crippen LogP contribution is -2.35. The van der Waals surface area contributed by atoms with Crippen molar-refractivity contribution in [2.24, 2.45) is 22.7 Å².